The molecule has 2 amide bonds. The van der Waals surface area contributed by atoms with E-state index in [1.807, 2.05) is 0 Å². The van der Waals surface area contributed by atoms with E-state index in [2.05, 4.69) is 15.3 Å². The number of nitrogens with zero attached hydrogens (tertiary/aromatic N) is 1. The zero-order valence-corrected chi connectivity index (χ0v) is 14.3. The maximum atomic E-state index is 12.6. The lowest BCUT2D eigenvalue weighted by Gasteiger charge is -2.15. The highest BCUT2D eigenvalue weighted by molar-refractivity contribution is 8.00. The Kier molecular flexibility index (Phi) is 5.18. The molecule has 1 heterocycles. The topological polar surface area (TPSA) is 118 Å². The molecule has 25 heavy (non-hydrogen) atoms. The van der Waals surface area contributed by atoms with Gasteiger partial charge in [-0.2, -0.15) is 0 Å². The fourth-order valence-corrected chi connectivity index (χ4v) is 3.56. The van der Waals surface area contributed by atoms with Crippen LogP contribution in [-0.4, -0.2) is 27.5 Å². The van der Waals surface area contributed by atoms with E-state index >= 15 is 0 Å². The molecule has 1 aromatic carbocycles. The molecular weight excluding hydrogens is 340 g/mol. The van der Waals surface area contributed by atoms with Gasteiger partial charge in [-0.15, -0.1) is 11.8 Å². The smallest absolute Gasteiger partial charge is 0.259 e. The maximum Gasteiger partial charge on any atom is 0.259 e. The zero-order chi connectivity index (χ0) is 17.8. The number of benzene rings is 1. The van der Waals surface area contributed by atoms with Gasteiger partial charge in [0.2, 0.25) is 11.9 Å². The molecule has 0 atom stereocenters. The van der Waals surface area contributed by atoms with E-state index in [1.54, 1.807) is 24.3 Å². The van der Waals surface area contributed by atoms with Crippen LogP contribution in [-0.2, 0) is 17.6 Å². The first-order valence-electron chi connectivity index (χ1n) is 7.98. The molecule has 0 unspecified atom stereocenters. The minimum atomic E-state index is -0.458. The SMILES string of the molecule is NC(=O)CSc1ccccc1C(=O)Nc1nc2c(c(=O)[nH]1)CCCC2. The summed E-state index contributed by atoms with van der Waals surface area (Å²) in [6.07, 6.45) is 3.43. The van der Waals surface area contributed by atoms with Gasteiger partial charge >= 0.3 is 0 Å². The number of rotatable bonds is 5. The van der Waals surface area contributed by atoms with Crippen LogP contribution in [0.2, 0.25) is 0 Å². The van der Waals surface area contributed by atoms with Gasteiger partial charge < -0.3 is 5.73 Å². The van der Waals surface area contributed by atoms with Gasteiger partial charge in [0, 0.05) is 10.5 Å². The lowest BCUT2D eigenvalue weighted by molar-refractivity contribution is -0.115. The summed E-state index contributed by atoms with van der Waals surface area (Å²) in [5, 5.41) is 2.64. The second-order valence-corrected chi connectivity index (χ2v) is 6.77. The first-order chi connectivity index (χ1) is 12.0. The molecule has 3 rings (SSSR count). The molecule has 1 aromatic heterocycles. The average Bonchev–Trinajstić information content (AvgIpc) is 2.60. The summed E-state index contributed by atoms with van der Waals surface area (Å²) >= 11 is 1.19. The Morgan fingerprint density at radius 3 is 2.80 bits per heavy atom. The highest BCUT2D eigenvalue weighted by Gasteiger charge is 2.18. The number of primary amides is 1. The largest absolute Gasteiger partial charge is 0.369 e. The summed E-state index contributed by atoms with van der Waals surface area (Å²) in [7, 11) is 0. The van der Waals surface area contributed by atoms with Gasteiger partial charge in [-0.05, 0) is 37.8 Å². The molecule has 0 bridgehead atoms. The molecule has 1 aliphatic rings. The van der Waals surface area contributed by atoms with E-state index in [4.69, 9.17) is 5.73 Å². The van der Waals surface area contributed by atoms with Crippen molar-refractivity contribution in [1.82, 2.24) is 9.97 Å². The number of hydrogen-bond acceptors (Lipinski definition) is 5. The van der Waals surface area contributed by atoms with Crippen LogP contribution in [0.4, 0.5) is 5.95 Å². The number of aromatic nitrogens is 2. The van der Waals surface area contributed by atoms with Gasteiger partial charge in [0.25, 0.3) is 11.5 Å². The number of anilines is 1. The number of carbonyl (C=O) groups is 2. The minimum Gasteiger partial charge on any atom is -0.369 e. The van der Waals surface area contributed by atoms with Crippen LogP contribution in [0.1, 0.15) is 34.5 Å². The van der Waals surface area contributed by atoms with E-state index in [1.165, 1.54) is 11.8 Å². The van der Waals surface area contributed by atoms with E-state index in [0.29, 0.717) is 16.0 Å². The molecule has 0 saturated heterocycles. The lowest BCUT2D eigenvalue weighted by Crippen LogP contribution is -2.25. The molecular formula is C17H18N4O3S. The Labute approximate surface area is 148 Å². The standard InChI is InChI=1S/C17H18N4O3S/c18-14(22)9-25-13-8-4-2-6-11(13)16(24)21-17-19-12-7-3-1-5-10(12)15(23)20-17/h2,4,6,8H,1,3,5,7,9H2,(H2,18,22)(H2,19,20,21,23,24). The fourth-order valence-electron chi connectivity index (χ4n) is 2.77. The van der Waals surface area contributed by atoms with Crippen molar-refractivity contribution < 1.29 is 9.59 Å². The van der Waals surface area contributed by atoms with Gasteiger partial charge in [-0.25, -0.2) is 4.98 Å². The second-order valence-electron chi connectivity index (χ2n) is 5.75. The van der Waals surface area contributed by atoms with E-state index in [0.717, 1.165) is 31.4 Å². The normalized spacial score (nSPS) is 13.1. The number of aromatic amines is 1. The predicted octanol–water partition coefficient (Wildman–Crippen LogP) is 1.48. The number of carbonyl (C=O) groups excluding carboxylic acids is 2. The van der Waals surface area contributed by atoms with Crippen LogP contribution in [0.25, 0.3) is 0 Å². The van der Waals surface area contributed by atoms with Gasteiger partial charge in [0.05, 0.1) is 17.0 Å². The molecule has 130 valence electrons. The van der Waals surface area contributed by atoms with Crippen LogP contribution in [0, 0.1) is 0 Å². The van der Waals surface area contributed by atoms with Crippen LogP contribution < -0.4 is 16.6 Å². The number of thioether (sulfide) groups is 1. The van der Waals surface area contributed by atoms with Gasteiger partial charge in [-0.3, -0.25) is 24.7 Å². The van der Waals surface area contributed by atoms with Crippen LogP contribution in [0.5, 0.6) is 0 Å². The molecule has 0 radical (unpaired) electrons. The number of aryl methyl sites for hydroxylation is 1. The quantitative estimate of drug-likeness (QED) is 0.700. The summed E-state index contributed by atoms with van der Waals surface area (Å²) in [5.74, 6) is -0.629. The first-order valence-corrected chi connectivity index (χ1v) is 8.96. The molecule has 0 spiro atoms. The molecule has 4 N–H and O–H groups in total. The summed E-state index contributed by atoms with van der Waals surface area (Å²) in [5.41, 5.74) is 6.82. The predicted molar refractivity (Wildman–Crippen MR) is 95.8 cm³/mol. The number of fused-ring (bicyclic) bond motifs is 1. The monoisotopic (exact) mass is 358 g/mol. The first kappa shape index (κ1) is 17.2. The third-order valence-electron chi connectivity index (χ3n) is 3.93. The van der Waals surface area contributed by atoms with E-state index < -0.39 is 11.8 Å². The van der Waals surface area contributed by atoms with Crippen molar-refractivity contribution in [3.05, 3.63) is 51.4 Å². The molecule has 1 aliphatic carbocycles. The fraction of sp³-hybridized carbons (Fsp3) is 0.294. The molecule has 8 heteroatoms. The highest BCUT2D eigenvalue weighted by Crippen LogP contribution is 2.23. The van der Waals surface area contributed by atoms with Crippen LogP contribution in [0.3, 0.4) is 0 Å². The van der Waals surface area contributed by atoms with Crippen molar-refractivity contribution >= 4 is 29.5 Å². The summed E-state index contributed by atoms with van der Waals surface area (Å²) in [4.78, 5) is 43.3. The third kappa shape index (κ3) is 4.08. The van der Waals surface area contributed by atoms with Gasteiger partial charge in [0.1, 0.15) is 0 Å². The van der Waals surface area contributed by atoms with Crippen LogP contribution >= 0.6 is 11.8 Å². The summed E-state index contributed by atoms with van der Waals surface area (Å²) in [6.45, 7) is 0. The molecule has 0 fully saturated rings. The molecule has 0 aliphatic heterocycles. The lowest BCUT2D eigenvalue weighted by atomic mass is 9.97. The highest BCUT2D eigenvalue weighted by atomic mass is 32.2. The van der Waals surface area contributed by atoms with E-state index in [-0.39, 0.29) is 17.3 Å². The third-order valence-corrected chi connectivity index (χ3v) is 5.02. The maximum absolute atomic E-state index is 12.6. The Morgan fingerprint density at radius 2 is 2.00 bits per heavy atom. The van der Waals surface area contributed by atoms with Crippen molar-refractivity contribution in [3.63, 3.8) is 0 Å². The Balaban J connectivity index is 1.82. The van der Waals surface area contributed by atoms with Crippen molar-refractivity contribution in [1.29, 1.82) is 0 Å². The number of nitrogens with one attached hydrogen (secondary N) is 2. The minimum absolute atomic E-state index is 0.0816. The number of hydrogen-bond donors (Lipinski definition) is 3. The Hall–Kier alpha value is -2.61. The van der Waals surface area contributed by atoms with Crippen molar-refractivity contribution in [3.8, 4) is 0 Å². The van der Waals surface area contributed by atoms with Crippen molar-refractivity contribution in [2.75, 3.05) is 11.1 Å². The van der Waals surface area contributed by atoms with Crippen LogP contribution in [0.15, 0.2) is 34.0 Å². The molecule has 7 nitrogen and oxygen atoms in total. The second kappa shape index (κ2) is 7.52. The van der Waals surface area contributed by atoms with Crippen molar-refractivity contribution in [2.24, 2.45) is 5.73 Å². The Morgan fingerprint density at radius 1 is 1.24 bits per heavy atom. The summed E-state index contributed by atoms with van der Waals surface area (Å²) < 4.78 is 0. The number of amides is 2. The molecule has 2 aromatic rings. The zero-order valence-electron chi connectivity index (χ0n) is 13.5. The van der Waals surface area contributed by atoms with Crippen molar-refractivity contribution in [2.45, 2.75) is 30.6 Å². The van der Waals surface area contributed by atoms with Gasteiger partial charge in [-0.1, -0.05) is 12.1 Å². The van der Waals surface area contributed by atoms with E-state index in [9.17, 15) is 14.4 Å². The number of H-pyrrole nitrogens is 1. The van der Waals surface area contributed by atoms with Gasteiger partial charge in [0.15, 0.2) is 0 Å². The average molecular weight is 358 g/mol. The number of nitrogens with two attached hydrogens (primary N) is 1. The summed E-state index contributed by atoms with van der Waals surface area (Å²) in [6, 6.07) is 6.89. The Bertz CT molecular complexity index is 878. The molecule has 0 saturated carbocycles.